The van der Waals surface area contributed by atoms with E-state index >= 15 is 0 Å². The summed E-state index contributed by atoms with van der Waals surface area (Å²) in [4.78, 5) is 14.7. The molecule has 0 radical (unpaired) electrons. The summed E-state index contributed by atoms with van der Waals surface area (Å²) in [6.45, 7) is 0.218. The van der Waals surface area contributed by atoms with Gasteiger partial charge in [0.05, 0.1) is 17.0 Å². The van der Waals surface area contributed by atoms with Gasteiger partial charge in [0.2, 0.25) is 6.79 Å². The standard InChI is InChI=1S/C17H13ClN2O7S/c18-10-4-5-11-13(19-27-28(22,23)24)6-7-20(14(11)8-10)17(21)12-2-1-3-15-16(12)26-9-25-15/h1-5,8H,6-7,9H2,(H,22,23,24)/b19-13-. The van der Waals surface area contributed by atoms with E-state index in [0.717, 1.165) is 0 Å². The first-order valence-corrected chi connectivity index (χ1v) is 9.81. The molecule has 0 saturated carbocycles. The largest absolute Gasteiger partial charge is 0.466 e. The first-order chi connectivity index (χ1) is 13.3. The van der Waals surface area contributed by atoms with Crippen LogP contribution in [0.15, 0.2) is 41.6 Å². The molecule has 1 N–H and O–H groups in total. The smallest absolute Gasteiger partial charge is 0.454 e. The number of ether oxygens (including phenoxy) is 2. The number of anilines is 1. The van der Waals surface area contributed by atoms with Crippen LogP contribution in [-0.4, -0.2) is 37.9 Å². The zero-order chi connectivity index (χ0) is 19.9. The quantitative estimate of drug-likeness (QED) is 0.594. The topological polar surface area (TPSA) is 115 Å². The maximum absolute atomic E-state index is 13.2. The monoisotopic (exact) mass is 424 g/mol. The molecule has 2 aliphatic rings. The Morgan fingerprint density at radius 2 is 2.07 bits per heavy atom. The molecule has 0 aromatic heterocycles. The van der Waals surface area contributed by atoms with Gasteiger partial charge in [-0.2, -0.15) is 8.42 Å². The normalized spacial score (nSPS) is 16.8. The molecule has 2 aliphatic heterocycles. The van der Waals surface area contributed by atoms with Gasteiger partial charge in [-0.05, 0) is 30.3 Å². The third-order valence-electron chi connectivity index (χ3n) is 4.25. The van der Waals surface area contributed by atoms with Crippen LogP contribution in [-0.2, 0) is 14.7 Å². The first-order valence-electron chi connectivity index (χ1n) is 8.07. The highest BCUT2D eigenvalue weighted by molar-refractivity contribution is 7.80. The fraction of sp³-hybridized carbons (Fsp3) is 0.176. The van der Waals surface area contributed by atoms with Gasteiger partial charge in [0, 0.05) is 23.6 Å². The van der Waals surface area contributed by atoms with Crippen LogP contribution in [0.25, 0.3) is 0 Å². The van der Waals surface area contributed by atoms with Gasteiger partial charge in [-0.3, -0.25) is 9.35 Å². The van der Waals surface area contributed by atoms with Gasteiger partial charge in [-0.1, -0.05) is 22.8 Å². The molecule has 0 spiro atoms. The van der Waals surface area contributed by atoms with Crippen molar-refractivity contribution in [2.75, 3.05) is 18.2 Å². The second-order valence-electron chi connectivity index (χ2n) is 5.95. The number of fused-ring (bicyclic) bond motifs is 2. The van der Waals surface area contributed by atoms with Crippen LogP contribution in [0.1, 0.15) is 22.3 Å². The fourth-order valence-corrected chi connectivity index (χ4v) is 3.44. The Bertz CT molecular complexity index is 1100. The summed E-state index contributed by atoms with van der Waals surface area (Å²) in [5, 5.41) is 3.88. The Balaban J connectivity index is 1.74. The molecule has 2 heterocycles. The van der Waals surface area contributed by atoms with Crippen LogP contribution in [0, 0.1) is 0 Å². The van der Waals surface area contributed by atoms with Crippen molar-refractivity contribution in [3.63, 3.8) is 0 Å². The van der Waals surface area contributed by atoms with E-state index in [4.69, 9.17) is 25.6 Å². The number of nitrogens with zero attached hydrogens (tertiary/aromatic N) is 2. The first kappa shape index (κ1) is 18.5. The molecule has 9 nitrogen and oxygen atoms in total. The number of carbonyl (C=O) groups is 1. The van der Waals surface area contributed by atoms with Crippen LogP contribution >= 0.6 is 11.6 Å². The number of oxime groups is 1. The number of halogens is 1. The van der Waals surface area contributed by atoms with E-state index in [-0.39, 0.29) is 31.4 Å². The predicted molar refractivity (Wildman–Crippen MR) is 99.5 cm³/mol. The van der Waals surface area contributed by atoms with Crippen molar-refractivity contribution in [3.05, 3.63) is 52.5 Å². The lowest BCUT2D eigenvalue weighted by Crippen LogP contribution is -2.37. The van der Waals surface area contributed by atoms with Gasteiger partial charge >= 0.3 is 10.4 Å². The molecule has 0 aliphatic carbocycles. The van der Waals surface area contributed by atoms with Crippen molar-refractivity contribution in [1.29, 1.82) is 0 Å². The zero-order valence-corrected chi connectivity index (χ0v) is 15.7. The van der Waals surface area contributed by atoms with E-state index < -0.39 is 10.4 Å². The molecular weight excluding hydrogens is 412 g/mol. The molecule has 11 heteroatoms. The Kier molecular flexibility index (Phi) is 4.61. The Morgan fingerprint density at radius 3 is 2.86 bits per heavy atom. The van der Waals surface area contributed by atoms with Crippen LogP contribution in [0.3, 0.4) is 0 Å². The lowest BCUT2D eigenvalue weighted by Gasteiger charge is -2.30. The van der Waals surface area contributed by atoms with Crippen LogP contribution in [0.4, 0.5) is 5.69 Å². The summed E-state index contributed by atoms with van der Waals surface area (Å²) in [6.07, 6.45) is 0.197. The molecule has 2 aromatic carbocycles. The summed E-state index contributed by atoms with van der Waals surface area (Å²) in [5.41, 5.74) is 1.47. The minimum absolute atomic E-state index is 0.0336. The Labute approximate surface area is 165 Å². The molecule has 1 amide bonds. The van der Waals surface area contributed by atoms with E-state index in [0.29, 0.717) is 33.3 Å². The molecular formula is C17H13ClN2O7S. The van der Waals surface area contributed by atoms with E-state index in [1.54, 1.807) is 36.4 Å². The lowest BCUT2D eigenvalue weighted by molar-refractivity contribution is 0.0982. The van der Waals surface area contributed by atoms with Crippen LogP contribution in [0.5, 0.6) is 11.5 Å². The third kappa shape index (κ3) is 3.49. The van der Waals surface area contributed by atoms with Gasteiger partial charge in [0.15, 0.2) is 11.5 Å². The van der Waals surface area contributed by atoms with Crippen molar-refractivity contribution in [1.82, 2.24) is 0 Å². The average molecular weight is 425 g/mol. The zero-order valence-electron chi connectivity index (χ0n) is 14.2. The fourth-order valence-electron chi connectivity index (χ4n) is 3.09. The van der Waals surface area contributed by atoms with Crippen molar-refractivity contribution < 1.29 is 31.5 Å². The summed E-state index contributed by atoms with van der Waals surface area (Å²) in [6, 6.07) is 9.77. The molecule has 4 rings (SSSR count). The predicted octanol–water partition coefficient (Wildman–Crippen LogP) is 2.64. The molecule has 0 saturated heterocycles. The highest BCUT2D eigenvalue weighted by Gasteiger charge is 2.31. The van der Waals surface area contributed by atoms with Gasteiger partial charge in [-0.25, -0.2) is 4.28 Å². The minimum atomic E-state index is -4.74. The van der Waals surface area contributed by atoms with Gasteiger partial charge in [0.1, 0.15) is 0 Å². The second-order valence-corrected chi connectivity index (χ2v) is 7.39. The average Bonchev–Trinajstić information content (AvgIpc) is 3.13. The molecule has 0 unspecified atom stereocenters. The molecule has 2 aromatic rings. The summed E-state index contributed by atoms with van der Waals surface area (Å²) in [5.74, 6) is 0.517. The highest BCUT2D eigenvalue weighted by atomic mass is 35.5. The van der Waals surface area contributed by atoms with Gasteiger partial charge < -0.3 is 14.4 Å². The van der Waals surface area contributed by atoms with Gasteiger partial charge in [-0.15, -0.1) is 0 Å². The highest BCUT2D eigenvalue weighted by Crippen LogP contribution is 2.38. The van der Waals surface area contributed by atoms with Crippen LogP contribution < -0.4 is 14.4 Å². The second kappa shape index (κ2) is 6.97. The minimum Gasteiger partial charge on any atom is -0.454 e. The molecule has 0 bridgehead atoms. The summed E-state index contributed by atoms with van der Waals surface area (Å²) in [7, 11) is -4.74. The van der Waals surface area contributed by atoms with Crippen molar-refractivity contribution in [2.45, 2.75) is 6.42 Å². The van der Waals surface area contributed by atoms with Crippen LogP contribution in [0.2, 0.25) is 5.02 Å². The lowest BCUT2D eigenvalue weighted by atomic mass is 9.98. The number of hydrogen-bond acceptors (Lipinski definition) is 7. The Morgan fingerprint density at radius 1 is 1.25 bits per heavy atom. The summed E-state index contributed by atoms with van der Waals surface area (Å²) >= 11 is 6.09. The number of rotatable bonds is 3. The molecule has 28 heavy (non-hydrogen) atoms. The van der Waals surface area contributed by atoms with Crippen molar-refractivity contribution in [2.24, 2.45) is 5.16 Å². The third-order valence-corrected chi connectivity index (χ3v) is 4.75. The van der Waals surface area contributed by atoms with Crippen molar-refractivity contribution >= 4 is 39.3 Å². The number of hydrogen-bond donors (Lipinski definition) is 1. The molecule has 146 valence electrons. The summed E-state index contributed by atoms with van der Waals surface area (Å²) < 4.78 is 45.3. The SMILES string of the molecule is O=C(c1cccc2c1OCO2)N1CC/C(=N/OS(=O)(=O)O)c2ccc(Cl)cc21. The number of carbonyl (C=O) groups excluding carboxylic acids is 1. The van der Waals surface area contributed by atoms with Gasteiger partial charge in [0.25, 0.3) is 5.91 Å². The number of amides is 1. The molecule has 0 fully saturated rings. The van der Waals surface area contributed by atoms with Crippen molar-refractivity contribution in [3.8, 4) is 11.5 Å². The molecule has 0 atom stereocenters. The maximum Gasteiger partial charge on any atom is 0.466 e. The number of benzene rings is 2. The van der Waals surface area contributed by atoms with E-state index in [1.807, 2.05) is 0 Å². The van der Waals surface area contributed by atoms with E-state index in [9.17, 15) is 13.2 Å². The van der Waals surface area contributed by atoms with E-state index in [1.165, 1.54) is 4.90 Å². The maximum atomic E-state index is 13.2. The van der Waals surface area contributed by atoms with E-state index in [2.05, 4.69) is 9.44 Å². The number of para-hydroxylation sites is 1. The Hall–Kier alpha value is -2.82.